The van der Waals surface area contributed by atoms with Crippen LogP contribution in [0.15, 0.2) is 12.4 Å². The van der Waals surface area contributed by atoms with Crippen LogP contribution in [0.5, 0.6) is 0 Å². The van der Waals surface area contributed by atoms with Crippen molar-refractivity contribution in [2.24, 2.45) is 18.9 Å². The maximum atomic E-state index is 14.4. The first-order chi connectivity index (χ1) is 10.6. The highest BCUT2D eigenvalue weighted by atomic mass is 19.1. The van der Waals surface area contributed by atoms with Crippen LogP contribution in [0.3, 0.4) is 0 Å². The van der Waals surface area contributed by atoms with Gasteiger partial charge in [-0.2, -0.15) is 10.1 Å². The zero-order valence-corrected chi connectivity index (χ0v) is 12.5. The minimum atomic E-state index is -0.450. The van der Waals surface area contributed by atoms with Gasteiger partial charge in [-0.1, -0.05) is 6.42 Å². The Morgan fingerprint density at radius 2 is 2.18 bits per heavy atom. The molecule has 116 valence electrons. The third-order valence-electron chi connectivity index (χ3n) is 4.95. The van der Waals surface area contributed by atoms with Crippen molar-refractivity contribution in [2.45, 2.75) is 31.6 Å². The van der Waals surface area contributed by atoms with Gasteiger partial charge in [-0.05, 0) is 31.1 Å². The lowest BCUT2D eigenvalue weighted by atomic mass is 9.86. The van der Waals surface area contributed by atoms with Crippen LogP contribution in [0.4, 0.5) is 21.8 Å². The minimum Gasteiger partial charge on any atom is -0.381 e. The smallest absolute Gasteiger partial charge is 0.229 e. The molecule has 0 unspecified atom stereocenters. The largest absolute Gasteiger partial charge is 0.381 e. The Kier molecular flexibility index (Phi) is 3.02. The van der Waals surface area contributed by atoms with Crippen molar-refractivity contribution in [3.63, 3.8) is 0 Å². The molecule has 0 amide bonds. The van der Waals surface area contributed by atoms with Crippen molar-refractivity contribution in [3.8, 4) is 0 Å². The van der Waals surface area contributed by atoms with Gasteiger partial charge in [0.25, 0.3) is 0 Å². The molecule has 0 aromatic carbocycles. The summed E-state index contributed by atoms with van der Waals surface area (Å²) in [5.41, 5.74) is 6.99. The Hall–Kier alpha value is -2.18. The molecule has 22 heavy (non-hydrogen) atoms. The van der Waals surface area contributed by atoms with Crippen molar-refractivity contribution in [1.29, 1.82) is 0 Å². The van der Waals surface area contributed by atoms with E-state index in [1.165, 1.54) is 19.3 Å². The Bertz CT molecular complexity index is 712. The van der Waals surface area contributed by atoms with Gasteiger partial charge in [0.1, 0.15) is 0 Å². The molecular formula is C15H19FN6. The summed E-state index contributed by atoms with van der Waals surface area (Å²) in [5.74, 6) is 1.25. The summed E-state index contributed by atoms with van der Waals surface area (Å²) >= 11 is 0. The summed E-state index contributed by atoms with van der Waals surface area (Å²) in [5, 5.41) is 7.13. The fraction of sp³-hybridized carbons (Fsp3) is 0.533. The van der Waals surface area contributed by atoms with Crippen LogP contribution >= 0.6 is 0 Å². The standard InChI is InChI=1S/C15H19FN6/c1-22-7-10(6-18-22)19-15-20-13(12(16)14(17)21-15)11-5-8-2-3-9(11)4-8/h6-9,11H,2-5H2,1H3,(H3,17,19,20,21)/t8-,9+,11+/m1/s1. The number of halogens is 1. The second-order valence-corrected chi connectivity index (χ2v) is 6.44. The zero-order chi connectivity index (χ0) is 15.3. The number of nitrogens with one attached hydrogen (secondary N) is 1. The molecule has 2 saturated carbocycles. The van der Waals surface area contributed by atoms with Crippen LogP contribution in [0, 0.1) is 17.7 Å². The molecule has 2 aromatic heterocycles. The van der Waals surface area contributed by atoms with Crippen LogP contribution < -0.4 is 11.1 Å². The van der Waals surface area contributed by atoms with Crippen molar-refractivity contribution >= 4 is 17.5 Å². The van der Waals surface area contributed by atoms with Crippen LogP contribution in [0.25, 0.3) is 0 Å². The monoisotopic (exact) mass is 302 g/mol. The van der Waals surface area contributed by atoms with Crippen LogP contribution in [0.1, 0.15) is 37.3 Å². The normalized spacial score (nSPS) is 26.5. The number of anilines is 3. The summed E-state index contributed by atoms with van der Waals surface area (Å²) in [4.78, 5) is 8.44. The quantitative estimate of drug-likeness (QED) is 0.910. The fourth-order valence-corrected chi connectivity index (χ4v) is 3.98. The fourth-order valence-electron chi connectivity index (χ4n) is 3.98. The average molecular weight is 302 g/mol. The van der Waals surface area contributed by atoms with Crippen molar-refractivity contribution < 1.29 is 4.39 Å². The number of hydrogen-bond acceptors (Lipinski definition) is 5. The SMILES string of the molecule is Cn1cc(Nc2nc(N)c(F)c([C@H]3C[C@@H]4CC[C@H]3C4)n2)cn1. The highest BCUT2D eigenvalue weighted by Crippen LogP contribution is 2.53. The molecule has 0 spiro atoms. The summed E-state index contributed by atoms with van der Waals surface area (Å²) in [6.07, 6.45) is 8.12. The zero-order valence-electron chi connectivity index (χ0n) is 12.5. The summed E-state index contributed by atoms with van der Waals surface area (Å²) in [6.45, 7) is 0. The number of nitrogens with two attached hydrogens (primary N) is 1. The molecule has 4 rings (SSSR count). The third kappa shape index (κ3) is 2.20. The number of fused-ring (bicyclic) bond motifs is 2. The van der Waals surface area contributed by atoms with Crippen LogP contribution in [-0.4, -0.2) is 19.7 Å². The second kappa shape index (κ2) is 4.93. The van der Waals surface area contributed by atoms with E-state index >= 15 is 0 Å². The molecule has 0 radical (unpaired) electrons. The second-order valence-electron chi connectivity index (χ2n) is 6.44. The van der Waals surface area contributed by atoms with Gasteiger partial charge in [-0.3, -0.25) is 4.68 Å². The topological polar surface area (TPSA) is 81.7 Å². The first-order valence-corrected chi connectivity index (χ1v) is 7.68. The van der Waals surface area contributed by atoms with Gasteiger partial charge in [0.05, 0.1) is 17.6 Å². The number of rotatable bonds is 3. The maximum absolute atomic E-state index is 14.4. The summed E-state index contributed by atoms with van der Waals surface area (Å²) in [7, 11) is 1.83. The molecular weight excluding hydrogens is 283 g/mol. The molecule has 6 nitrogen and oxygen atoms in total. The van der Waals surface area contributed by atoms with Crippen molar-refractivity contribution in [1.82, 2.24) is 19.7 Å². The highest BCUT2D eigenvalue weighted by Gasteiger charge is 2.42. The predicted octanol–water partition coefficient (Wildman–Crippen LogP) is 2.58. The van der Waals surface area contributed by atoms with Gasteiger partial charge in [-0.15, -0.1) is 0 Å². The number of hydrogen-bond donors (Lipinski definition) is 2. The lowest BCUT2D eigenvalue weighted by molar-refractivity contribution is 0.399. The lowest BCUT2D eigenvalue weighted by Gasteiger charge is -2.22. The molecule has 2 bridgehead atoms. The van der Waals surface area contributed by atoms with E-state index in [0.717, 1.165) is 18.0 Å². The van der Waals surface area contributed by atoms with E-state index in [-0.39, 0.29) is 11.7 Å². The molecule has 2 heterocycles. The van der Waals surface area contributed by atoms with Gasteiger partial charge in [0.15, 0.2) is 11.6 Å². The molecule has 2 fully saturated rings. The van der Waals surface area contributed by atoms with E-state index in [2.05, 4.69) is 20.4 Å². The predicted molar refractivity (Wildman–Crippen MR) is 81.1 cm³/mol. The highest BCUT2D eigenvalue weighted by molar-refractivity contribution is 5.53. The molecule has 2 aromatic rings. The van der Waals surface area contributed by atoms with Crippen molar-refractivity contribution in [2.75, 3.05) is 11.1 Å². The average Bonchev–Trinajstić information content (AvgIpc) is 3.19. The minimum absolute atomic E-state index is 0.0841. The molecule has 0 aliphatic heterocycles. The Morgan fingerprint density at radius 1 is 1.32 bits per heavy atom. The van der Waals surface area contributed by atoms with Gasteiger partial charge < -0.3 is 11.1 Å². The van der Waals surface area contributed by atoms with E-state index in [9.17, 15) is 4.39 Å². The van der Waals surface area contributed by atoms with E-state index in [1.807, 2.05) is 7.05 Å². The summed E-state index contributed by atoms with van der Waals surface area (Å²) in [6, 6.07) is 0. The molecule has 0 saturated heterocycles. The maximum Gasteiger partial charge on any atom is 0.229 e. The Balaban J connectivity index is 1.66. The van der Waals surface area contributed by atoms with Crippen LogP contribution in [-0.2, 0) is 7.05 Å². The molecule has 2 aliphatic rings. The first kappa shape index (κ1) is 13.5. The number of nitrogen functional groups attached to an aromatic ring is 1. The third-order valence-corrected chi connectivity index (χ3v) is 4.95. The van der Waals surface area contributed by atoms with E-state index in [1.54, 1.807) is 17.1 Å². The Morgan fingerprint density at radius 3 is 2.82 bits per heavy atom. The van der Waals surface area contributed by atoms with Gasteiger partial charge in [0, 0.05) is 19.2 Å². The Labute approximate surface area is 127 Å². The van der Waals surface area contributed by atoms with Gasteiger partial charge >= 0.3 is 0 Å². The van der Waals surface area contributed by atoms with Gasteiger partial charge in [0.2, 0.25) is 5.95 Å². The van der Waals surface area contributed by atoms with Crippen LogP contribution in [0.2, 0.25) is 0 Å². The van der Waals surface area contributed by atoms with E-state index < -0.39 is 5.82 Å². The molecule has 3 N–H and O–H groups in total. The first-order valence-electron chi connectivity index (χ1n) is 7.68. The van der Waals surface area contributed by atoms with E-state index in [0.29, 0.717) is 17.6 Å². The van der Waals surface area contributed by atoms with Gasteiger partial charge in [-0.25, -0.2) is 9.37 Å². The number of aromatic nitrogens is 4. The van der Waals surface area contributed by atoms with Crippen molar-refractivity contribution in [3.05, 3.63) is 23.9 Å². The molecule has 7 heteroatoms. The summed E-state index contributed by atoms with van der Waals surface area (Å²) < 4.78 is 16.1. The lowest BCUT2D eigenvalue weighted by Crippen LogP contribution is -2.15. The molecule has 3 atom stereocenters. The molecule has 2 aliphatic carbocycles. The van der Waals surface area contributed by atoms with E-state index in [4.69, 9.17) is 5.73 Å². The number of aryl methyl sites for hydroxylation is 1. The number of nitrogens with zero attached hydrogens (tertiary/aromatic N) is 4.